The van der Waals surface area contributed by atoms with E-state index in [0.717, 1.165) is 28.1 Å². The molecule has 1 N–H and O–H groups in total. The normalized spacial score (nSPS) is 10.7. The minimum absolute atomic E-state index is 0.00793. The second-order valence-corrected chi connectivity index (χ2v) is 7.18. The molecule has 2 rings (SSSR count). The largest absolute Gasteiger partial charge is 0.325 e. The first kappa shape index (κ1) is 19.7. The Kier molecular flexibility index (Phi) is 6.19. The second kappa shape index (κ2) is 8.17. The molecule has 0 aliphatic heterocycles. The minimum Gasteiger partial charge on any atom is -0.325 e. The van der Waals surface area contributed by atoms with Crippen LogP contribution in [0.5, 0.6) is 0 Å². The molecule has 0 saturated heterocycles. The Morgan fingerprint density at radius 3 is 2.00 bits per heavy atom. The highest BCUT2D eigenvalue weighted by atomic mass is 16.2. The summed E-state index contributed by atoms with van der Waals surface area (Å²) < 4.78 is 0. The summed E-state index contributed by atoms with van der Waals surface area (Å²) in [4.78, 5) is 26.2. The molecule has 2 aromatic rings. The maximum atomic E-state index is 12.5. The van der Waals surface area contributed by atoms with Crippen LogP contribution in [-0.2, 0) is 9.59 Å². The van der Waals surface area contributed by atoms with Crippen molar-refractivity contribution >= 4 is 23.2 Å². The van der Waals surface area contributed by atoms with Crippen molar-refractivity contribution in [1.29, 1.82) is 0 Å². The molecule has 4 heteroatoms. The highest BCUT2D eigenvalue weighted by Crippen LogP contribution is 2.26. The van der Waals surface area contributed by atoms with E-state index >= 15 is 0 Å². The average molecular weight is 352 g/mol. The summed E-state index contributed by atoms with van der Waals surface area (Å²) in [6.45, 7) is 11.7. The van der Waals surface area contributed by atoms with Crippen molar-refractivity contribution in [1.82, 2.24) is 0 Å². The number of hydrogen-bond donors (Lipinski definition) is 1. The molecule has 0 radical (unpaired) electrons. The monoisotopic (exact) mass is 352 g/mol. The van der Waals surface area contributed by atoms with Crippen molar-refractivity contribution in [3.05, 3.63) is 58.7 Å². The van der Waals surface area contributed by atoms with E-state index < -0.39 is 0 Å². The Balaban J connectivity index is 2.18. The SMILES string of the molecule is CC(=O)N(CC(=O)Nc1ccc(C(C)C)cc1)c1c(C)cc(C)cc1C. The van der Waals surface area contributed by atoms with Crippen LogP contribution in [0.15, 0.2) is 36.4 Å². The number of carbonyl (C=O) groups excluding carboxylic acids is 2. The minimum atomic E-state index is -0.211. The standard InChI is InChI=1S/C22H28N2O2/c1-14(2)19-7-9-20(10-8-19)23-21(26)13-24(18(6)25)22-16(4)11-15(3)12-17(22)5/h7-12,14H,13H2,1-6H3,(H,23,26). The molecule has 0 aliphatic rings. The third-order valence-electron chi connectivity index (χ3n) is 4.45. The van der Waals surface area contributed by atoms with Gasteiger partial charge in [-0.05, 0) is 55.5 Å². The lowest BCUT2D eigenvalue weighted by Crippen LogP contribution is -2.37. The second-order valence-electron chi connectivity index (χ2n) is 7.18. The van der Waals surface area contributed by atoms with Crippen molar-refractivity contribution in [3.8, 4) is 0 Å². The van der Waals surface area contributed by atoms with Crippen molar-refractivity contribution in [2.75, 3.05) is 16.8 Å². The maximum Gasteiger partial charge on any atom is 0.244 e. The molecule has 0 spiro atoms. The molecule has 0 saturated carbocycles. The molecule has 2 aromatic carbocycles. The zero-order valence-corrected chi connectivity index (χ0v) is 16.5. The molecule has 0 unspecified atom stereocenters. The van der Waals surface area contributed by atoms with Crippen LogP contribution in [0.25, 0.3) is 0 Å². The van der Waals surface area contributed by atoms with E-state index in [1.807, 2.05) is 57.2 Å². The number of aryl methyl sites for hydroxylation is 3. The molecule has 0 aliphatic carbocycles. The average Bonchev–Trinajstić information content (AvgIpc) is 2.53. The Bertz CT molecular complexity index is 784. The molecule has 0 heterocycles. The van der Waals surface area contributed by atoms with E-state index in [2.05, 4.69) is 19.2 Å². The van der Waals surface area contributed by atoms with E-state index in [9.17, 15) is 9.59 Å². The van der Waals surface area contributed by atoms with Crippen molar-refractivity contribution in [3.63, 3.8) is 0 Å². The number of carbonyl (C=O) groups is 2. The van der Waals surface area contributed by atoms with Crippen LogP contribution in [0.4, 0.5) is 11.4 Å². The fourth-order valence-electron chi connectivity index (χ4n) is 3.24. The molecule has 26 heavy (non-hydrogen) atoms. The Morgan fingerprint density at radius 2 is 1.54 bits per heavy atom. The summed E-state index contributed by atoms with van der Waals surface area (Å²) in [6.07, 6.45) is 0. The van der Waals surface area contributed by atoms with Gasteiger partial charge in [0.05, 0.1) is 5.69 Å². The molecule has 4 nitrogen and oxygen atoms in total. The van der Waals surface area contributed by atoms with Crippen LogP contribution in [0.1, 0.15) is 48.9 Å². The van der Waals surface area contributed by atoms with Crippen LogP contribution >= 0.6 is 0 Å². The van der Waals surface area contributed by atoms with E-state index in [0.29, 0.717) is 5.92 Å². The number of nitrogens with one attached hydrogen (secondary N) is 1. The number of rotatable bonds is 5. The summed E-state index contributed by atoms with van der Waals surface area (Å²) in [5.41, 5.74) is 5.90. The van der Waals surface area contributed by atoms with Gasteiger partial charge in [-0.1, -0.05) is 43.7 Å². The van der Waals surface area contributed by atoms with Crippen molar-refractivity contribution in [2.24, 2.45) is 0 Å². The number of nitrogens with zero attached hydrogens (tertiary/aromatic N) is 1. The van der Waals surface area contributed by atoms with Crippen LogP contribution in [0, 0.1) is 20.8 Å². The highest BCUT2D eigenvalue weighted by molar-refractivity contribution is 6.02. The lowest BCUT2D eigenvalue weighted by molar-refractivity contribution is -0.120. The molecule has 138 valence electrons. The van der Waals surface area contributed by atoms with Gasteiger partial charge in [0.15, 0.2) is 0 Å². The van der Waals surface area contributed by atoms with Gasteiger partial charge in [-0.3, -0.25) is 9.59 Å². The van der Waals surface area contributed by atoms with Crippen molar-refractivity contribution < 1.29 is 9.59 Å². The van der Waals surface area contributed by atoms with E-state index in [1.54, 1.807) is 4.90 Å². The summed E-state index contributed by atoms with van der Waals surface area (Å²) in [6, 6.07) is 11.9. The quantitative estimate of drug-likeness (QED) is 0.846. The lowest BCUT2D eigenvalue weighted by Gasteiger charge is -2.25. The topological polar surface area (TPSA) is 49.4 Å². The van der Waals surface area contributed by atoms with E-state index in [1.165, 1.54) is 12.5 Å². The Morgan fingerprint density at radius 1 is 1.00 bits per heavy atom. The van der Waals surface area contributed by atoms with Gasteiger partial charge in [0.2, 0.25) is 11.8 Å². The van der Waals surface area contributed by atoms with Crippen LogP contribution in [-0.4, -0.2) is 18.4 Å². The number of hydrogen-bond acceptors (Lipinski definition) is 2. The van der Waals surface area contributed by atoms with Gasteiger partial charge in [-0.25, -0.2) is 0 Å². The highest BCUT2D eigenvalue weighted by Gasteiger charge is 2.20. The van der Waals surface area contributed by atoms with Gasteiger partial charge >= 0.3 is 0 Å². The lowest BCUT2D eigenvalue weighted by atomic mass is 10.0. The van der Waals surface area contributed by atoms with Gasteiger partial charge in [0.1, 0.15) is 6.54 Å². The van der Waals surface area contributed by atoms with Crippen LogP contribution < -0.4 is 10.2 Å². The third kappa shape index (κ3) is 4.72. The molecular formula is C22H28N2O2. The zero-order chi connectivity index (χ0) is 19.4. The third-order valence-corrected chi connectivity index (χ3v) is 4.45. The van der Waals surface area contributed by atoms with E-state index in [-0.39, 0.29) is 18.4 Å². The first-order chi connectivity index (χ1) is 12.2. The van der Waals surface area contributed by atoms with Gasteiger partial charge in [-0.15, -0.1) is 0 Å². The molecule has 0 bridgehead atoms. The summed E-state index contributed by atoms with van der Waals surface area (Å²) in [5.74, 6) is 0.0858. The summed E-state index contributed by atoms with van der Waals surface area (Å²) in [7, 11) is 0. The van der Waals surface area contributed by atoms with Gasteiger partial charge < -0.3 is 10.2 Å². The summed E-state index contributed by atoms with van der Waals surface area (Å²) >= 11 is 0. The van der Waals surface area contributed by atoms with Crippen LogP contribution in [0.2, 0.25) is 0 Å². The first-order valence-corrected chi connectivity index (χ1v) is 8.94. The predicted molar refractivity (Wildman–Crippen MR) is 108 cm³/mol. The smallest absolute Gasteiger partial charge is 0.244 e. The van der Waals surface area contributed by atoms with Gasteiger partial charge in [-0.2, -0.15) is 0 Å². The molecule has 0 fully saturated rings. The predicted octanol–water partition coefficient (Wildman–Crippen LogP) is 4.73. The van der Waals surface area contributed by atoms with Crippen molar-refractivity contribution in [2.45, 2.75) is 47.5 Å². The van der Waals surface area contributed by atoms with E-state index in [4.69, 9.17) is 0 Å². The zero-order valence-electron chi connectivity index (χ0n) is 16.5. The van der Waals surface area contributed by atoms with Crippen LogP contribution in [0.3, 0.4) is 0 Å². The molecule has 0 atom stereocenters. The Hall–Kier alpha value is -2.62. The maximum absolute atomic E-state index is 12.5. The number of amides is 2. The molecule has 2 amide bonds. The van der Waals surface area contributed by atoms with Gasteiger partial charge in [0, 0.05) is 12.6 Å². The molecular weight excluding hydrogens is 324 g/mol. The Labute approximate surface area is 156 Å². The first-order valence-electron chi connectivity index (χ1n) is 8.94. The summed E-state index contributed by atoms with van der Waals surface area (Å²) in [5, 5.41) is 2.88. The number of anilines is 2. The van der Waals surface area contributed by atoms with Gasteiger partial charge in [0.25, 0.3) is 0 Å². The fourth-order valence-corrected chi connectivity index (χ4v) is 3.24. The number of benzene rings is 2. The fraction of sp³-hybridized carbons (Fsp3) is 0.364. The molecule has 0 aromatic heterocycles.